The molecular formula is C24H21ClN4O3S. The SMILES string of the molecule is Cn1cc(NC(=O)c2cccc(S(=O)(=O)N(Cc3ccccc3)c3ccc(Cl)cc3)c2)cn1. The quantitative estimate of drug-likeness (QED) is 0.414. The number of hydrogen-bond donors (Lipinski definition) is 1. The molecule has 33 heavy (non-hydrogen) atoms. The van der Waals surface area contributed by atoms with Crippen LogP contribution in [0.2, 0.25) is 5.02 Å². The molecule has 0 saturated carbocycles. The lowest BCUT2D eigenvalue weighted by atomic mass is 10.2. The van der Waals surface area contributed by atoms with Gasteiger partial charge in [-0.3, -0.25) is 13.8 Å². The molecule has 0 saturated heterocycles. The fourth-order valence-electron chi connectivity index (χ4n) is 3.29. The van der Waals surface area contributed by atoms with E-state index in [0.29, 0.717) is 16.4 Å². The first-order valence-corrected chi connectivity index (χ1v) is 11.9. The van der Waals surface area contributed by atoms with E-state index in [0.717, 1.165) is 5.56 Å². The van der Waals surface area contributed by atoms with Gasteiger partial charge in [-0.25, -0.2) is 8.42 Å². The van der Waals surface area contributed by atoms with Gasteiger partial charge in [-0.2, -0.15) is 5.10 Å². The monoisotopic (exact) mass is 480 g/mol. The van der Waals surface area contributed by atoms with E-state index in [2.05, 4.69) is 10.4 Å². The van der Waals surface area contributed by atoms with Crippen molar-refractivity contribution in [1.29, 1.82) is 0 Å². The Morgan fingerprint density at radius 2 is 1.76 bits per heavy atom. The van der Waals surface area contributed by atoms with Gasteiger partial charge in [0.15, 0.2) is 0 Å². The highest BCUT2D eigenvalue weighted by Crippen LogP contribution is 2.28. The maximum Gasteiger partial charge on any atom is 0.264 e. The molecule has 4 rings (SSSR count). The van der Waals surface area contributed by atoms with Gasteiger partial charge in [0.2, 0.25) is 0 Å². The molecule has 0 aliphatic heterocycles. The Morgan fingerprint density at radius 1 is 1.03 bits per heavy atom. The molecule has 0 spiro atoms. The van der Waals surface area contributed by atoms with Crippen LogP contribution in [0, 0.1) is 0 Å². The van der Waals surface area contributed by atoms with Crippen molar-refractivity contribution in [3.8, 4) is 0 Å². The van der Waals surface area contributed by atoms with E-state index in [9.17, 15) is 13.2 Å². The van der Waals surface area contributed by atoms with Gasteiger partial charge in [0.1, 0.15) is 0 Å². The number of nitrogens with one attached hydrogen (secondary N) is 1. The second kappa shape index (κ2) is 9.48. The van der Waals surface area contributed by atoms with E-state index in [4.69, 9.17) is 11.6 Å². The highest BCUT2D eigenvalue weighted by atomic mass is 35.5. The lowest BCUT2D eigenvalue weighted by Gasteiger charge is -2.25. The average molecular weight is 481 g/mol. The van der Waals surface area contributed by atoms with Crippen molar-refractivity contribution in [3.63, 3.8) is 0 Å². The summed E-state index contributed by atoms with van der Waals surface area (Å²) >= 11 is 6.01. The van der Waals surface area contributed by atoms with Crippen LogP contribution in [0.25, 0.3) is 0 Å². The maximum atomic E-state index is 13.7. The number of aromatic nitrogens is 2. The van der Waals surface area contributed by atoms with Gasteiger partial charge in [-0.05, 0) is 48.0 Å². The Hall–Kier alpha value is -3.62. The molecule has 0 fully saturated rings. The van der Waals surface area contributed by atoms with Crippen LogP contribution in [-0.4, -0.2) is 24.1 Å². The lowest BCUT2D eigenvalue weighted by Crippen LogP contribution is -2.30. The van der Waals surface area contributed by atoms with Crippen LogP contribution in [-0.2, 0) is 23.6 Å². The third-order valence-corrected chi connectivity index (χ3v) is 6.95. The van der Waals surface area contributed by atoms with Gasteiger partial charge in [0.25, 0.3) is 15.9 Å². The van der Waals surface area contributed by atoms with E-state index < -0.39 is 15.9 Å². The number of benzene rings is 3. The van der Waals surface area contributed by atoms with E-state index in [1.807, 2.05) is 30.3 Å². The first kappa shape index (κ1) is 22.6. The molecule has 7 nitrogen and oxygen atoms in total. The number of sulfonamides is 1. The van der Waals surface area contributed by atoms with Crippen molar-refractivity contribution >= 4 is 38.9 Å². The summed E-state index contributed by atoms with van der Waals surface area (Å²) in [4.78, 5) is 12.7. The number of aryl methyl sites for hydroxylation is 1. The molecule has 3 aromatic carbocycles. The second-order valence-electron chi connectivity index (χ2n) is 7.36. The number of anilines is 2. The summed E-state index contributed by atoms with van der Waals surface area (Å²) in [7, 11) is -2.26. The summed E-state index contributed by atoms with van der Waals surface area (Å²) in [6.07, 6.45) is 3.17. The van der Waals surface area contributed by atoms with E-state index in [1.54, 1.807) is 54.3 Å². The molecule has 0 atom stereocenters. The molecule has 168 valence electrons. The van der Waals surface area contributed by atoms with Crippen molar-refractivity contribution in [2.24, 2.45) is 7.05 Å². The Kier molecular flexibility index (Phi) is 6.48. The van der Waals surface area contributed by atoms with E-state index in [1.165, 1.54) is 22.6 Å². The molecule has 1 heterocycles. The van der Waals surface area contributed by atoms with Crippen LogP contribution in [0.15, 0.2) is 96.2 Å². The third kappa shape index (κ3) is 5.24. The zero-order valence-corrected chi connectivity index (χ0v) is 19.3. The van der Waals surface area contributed by atoms with Crippen LogP contribution < -0.4 is 9.62 Å². The summed E-state index contributed by atoms with van der Waals surface area (Å²) < 4.78 is 30.3. The number of carbonyl (C=O) groups excluding carboxylic acids is 1. The Morgan fingerprint density at radius 3 is 2.42 bits per heavy atom. The Balaban J connectivity index is 1.69. The summed E-state index contributed by atoms with van der Waals surface area (Å²) in [6, 6.07) is 21.8. The fraction of sp³-hybridized carbons (Fsp3) is 0.0833. The van der Waals surface area contributed by atoms with E-state index in [-0.39, 0.29) is 17.0 Å². The highest BCUT2D eigenvalue weighted by Gasteiger charge is 2.26. The molecule has 0 bridgehead atoms. The van der Waals surface area contributed by atoms with Gasteiger partial charge in [-0.15, -0.1) is 0 Å². The Bertz CT molecular complexity index is 1370. The van der Waals surface area contributed by atoms with Crippen LogP contribution in [0.5, 0.6) is 0 Å². The predicted molar refractivity (Wildman–Crippen MR) is 129 cm³/mol. The van der Waals surface area contributed by atoms with Gasteiger partial charge >= 0.3 is 0 Å². The summed E-state index contributed by atoms with van der Waals surface area (Å²) in [6.45, 7) is 0.122. The molecule has 4 aromatic rings. The van der Waals surface area contributed by atoms with E-state index >= 15 is 0 Å². The standard InChI is InChI=1S/C24H21ClN4O3S/c1-28-17-21(15-26-28)27-24(30)19-8-5-9-23(14-19)33(31,32)29(16-18-6-3-2-4-7-18)22-12-10-20(25)11-13-22/h2-15,17H,16H2,1H3,(H,27,30). The van der Waals surface area contributed by atoms with Crippen LogP contribution in [0.4, 0.5) is 11.4 Å². The lowest BCUT2D eigenvalue weighted by molar-refractivity contribution is 0.102. The first-order valence-electron chi connectivity index (χ1n) is 10.1. The third-order valence-electron chi connectivity index (χ3n) is 4.93. The zero-order chi connectivity index (χ0) is 23.4. The molecule has 0 unspecified atom stereocenters. The normalized spacial score (nSPS) is 11.2. The largest absolute Gasteiger partial charge is 0.319 e. The van der Waals surface area contributed by atoms with Gasteiger partial charge in [-0.1, -0.05) is 48.0 Å². The van der Waals surface area contributed by atoms with Crippen molar-refractivity contribution in [3.05, 3.63) is 107 Å². The molecule has 0 aliphatic carbocycles. The number of carbonyl (C=O) groups is 1. The second-order valence-corrected chi connectivity index (χ2v) is 9.66. The van der Waals surface area contributed by atoms with Crippen molar-refractivity contribution < 1.29 is 13.2 Å². The van der Waals surface area contributed by atoms with Crippen LogP contribution in [0.3, 0.4) is 0 Å². The van der Waals surface area contributed by atoms with Crippen molar-refractivity contribution in [1.82, 2.24) is 9.78 Å². The average Bonchev–Trinajstić information content (AvgIpc) is 3.23. The summed E-state index contributed by atoms with van der Waals surface area (Å²) in [5.41, 5.74) is 2.02. The molecular weight excluding hydrogens is 460 g/mol. The first-order chi connectivity index (χ1) is 15.8. The minimum absolute atomic E-state index is 0.00668. The van der Waals surface area contributed by atoms with Crippen LogP contribution >= 0.6 is 11.6 Å². The number of hydrogen-bond acceptors (Lipinski definition) is 4. The zero-order valence-electron chi connectivity index (χ0n) is 17.7. The van der Waals surface area contributed by atoms with Crippen molar-refractivity contribution in [2.45, 2.75) is 11.4 Å². The van der Waals surface area contributed by atoms with Crippen LogP contribution in [0.1, 0.15) is 15.9 Å². The highest BCUT2D eigenvalue weighted by molar-refractivity contribution is 7.92. The minimum atomic E-state index is -4.00. The molecule has 1 aromatic heterocycles. The summed E-state index contributed by atoms with van der Waals surface area (Å²) in [5.74, 6) is -0.429. The summed E-state index contributed by atoms with van der Waals surface area (Å²) in [5, 5.41) is 7.24. The fourth-order valence-corrected chi connectivity index (χ4v) is 4.91. The van der Waals surface area contributed by atoms with Gasteiger partial charge in [0, 0.05) is 23.8 Å². The number of nitrogens with zero attached hydrogens (tertiary/aromatic N) is 3. The molecule has 0 aliphatic rings. The maximum absolute atomic E-state index is 13.7. The number of rotatable bonds is 7. The predicted octanol–water partition coefficient (Wildman–Crippen LogP) is 4.72. The molecule has 1 N–H and O–H groups in total. The molecule has 9 heteroatoms. The van der Waals surface area contributed by atoms with Gasteiger partial charge < -0.3 is 5.32 Å². The molecule has 0 radical (unpaired) electrons. The number of halogens is 1. The number of amides is 1. The Labute approximate surface area is 197 Å². The smallest absolute Gasteiger partial charge is 0.264 e. The molecule has 1 amide bonds. The minimum Gasteiger partial charge on any atom is -0.319 e. The topological polar surface area (TPSA) is 84.3 Å². The van der Waals surface area contributed by atoms with Gasteiger partial charge in [0.05, 0.1) is 29.0 Å². The van der Waals surface area contributed by atoms with Crippen molar-refractivity contribution in [2.75, 3.05) is 9.62 Å².